The lowest BCUT2D eigenvalue weighted by Crippen LogP contribution is -2.48. The summed E-state index contributed by atoms with van der Waals surface area (Å²) in [4.78, 5) is 26.8. The third-order valence-electron chi connectivity index (χ3n) is 5.83. The number of nitrogens with one attached hydrogen (secondary N) is 1. The van der Waals surface area contributed by atoms with Crippen molar-refractivity contribution in [3.63, 3.8) is 0 Å². The number of benzene rings is 1. The zero-order valence-electron chi connectivity index (χ0n) is 16.8. The van der Waals surface area contributed by atoms with Crippen LogP contribution >= 0.6 is 23.2 Å². The fourth-order valence-corrected chi connectivity index (χ4v) is 4.62. The lowest BCUT2D eigenvalue weighted by molar-refractivity contribution is -0.137. The number of piperidine rings is 1. The lowest BCUT2D eigenvalue weighted by atomic mass is 9.87. The Kier molecular flexibility index (Phi) is 8.49. The summed E-state index contributed by atoms with van der Waals surface area (Å²) in [5, 5.41) is 4.13. The number of carbonyl (C=O) groups is 2. The van der Waals surface area contributed by atoms with Crippen molar-refractivity contribution in [2.45, 2.75) is 63.8 Å². The van der Waals surface area contributed by atoms with Crippen LogP contribution in [0.15, 0.2) is 18.2 Å². The van der Waals surface area contributed by atoms with Gasteiger partial charge in [0, 0.05) is 36.5 Å². The predicted octanol–water partition coefficient (Wildman–Crippen LogP) is 4.84. The summed E-state index contributed by atoms with van der Waals surface area (Å²) in [6, 6.07) is 5.24. The first-order valence-electron chi connectivity index (χ1n) is 10.7. The van der Waals surface area contributed by atoms with Crippen LogP contribution in [0, 0.1) is 5.92 Å². The van der Waals surface area contributed by atoms with E-state index in [4.69, 9.17) is 27.9 Å². The molecule has 0 unspecified atom stereocenters. The molecule has 1 aromatic rings. The summed E-state index contributed by atoms with van der Waals surface area (Å²) in [7, 11) is 0. The molecule has 2 aliphatic rings. The van der Waals surface area contributed by atoms with Crippen molar-refractivity contribution in [1.29, 1.82) is 0 Å². The van der Waals surface area contributed by atoms with E-state index in [1.54, 1.807) is 18.2 Å². The van der Waals surface area contributed by atoms with Crippen LogP contribution in [-0.2, 0) is 9.59 Å². The molecule has 0 aromatic heterocycles. The Hall–Kier alpha value is -1.46. The van der Waals surface area contributed by atoms with Gasteiger partial charge in [0.05, 0.1) is 11.6 Å². The fourth-order valence-electron chi connectivity index (χ4n) is 4.16. The Morgan fingerprint density at radius 3 is 2.48 bits per heavy atom. The molecule has 1 heterocycles. The van der Waals surface area contributed by atoms with Crippen LogP contribution in [0.1, 0.15) is 57.8 Å². The monoisotopic (exact) mass is 440 g/mol. The van der Waals surface area contributed by atoms with Crippen molar-refractivity contribution in [3.05, 3.63) is 28.2 Å². The number of hydrogen-bond donors (Lipinski definition) is 1. The van der Waals surface area contributed by atoms with Crippen molar-refractivity contribution >= 4 is 35.0 Å². The van der Waals surface area contributed by atoms with Gasteiger partial charge in [-0.15, -0.1) is 0 Å². The number of ether oxygens (including phenoxy) is 1. The molecule has 0 spiro atoms. The summed E-state index contributed by atoms with van der Waals surface area (Å²) in [6.45, 7) is 1.92. The molecule has 1 saturated heterocycles. The third-order valence-corrected chi connectivity index (χ3v) is 6.36. The zero-order valence-corrected chi connectivity index (χ0v) is 18.3. The van der Waals surface area contributed by atoms with Gasteiger partial charge in [0.15, 0.2) is 0 Å². The van der Waals surface area contributed by atoms with Crippen LogP contribution in [0.25, 0.3) is 0 Å². The Morgan fingerprint density at radius 2 is 1.79 bits per heavy atom. The van der Waals surface area contributed by atoms with Crippen LogP contribution < -0.4 is 10.1 Å². The lowest BCUT2D eigenvalue weighted by Gasteiger charge is -2.35. The molecule has 1 saturated carbocycles. The van der Waals surface area contributed by atoms with Gasteiger partial charge in [-0.2, -0.15) is 0 Å². The molecule has 7 heteroatoms. The highest BCUT2D eigenvalue weighted by Crippen LogP contribution is 2.28. The van der Waals surface area contributed by atoms with Gasteiger partial charge in [-0.25, -0.2) is 0 Å². The second-order valence-corrected chi connectivity index (χ2v) is 8.87. The van der Waals surface area contributed by atoms with Crippen molar-refractivity contribution in [1.82, 2.24) is 10.2 Å². The molecular formula is C22H30Cl2N2O3. The van der Waals surface area contributed by atoms with E-state index in [1.165, 1.54) is 19.3 Å². The number of halogens is 2. The second-order valence-electron chi connectivity index (χ2n) is 8.03. The highest BCUT2D eigenvalue weighted by molar-refractivity contribution is 6.35. The summed E-state index contributed by atoms with van der Waals surface area (Å²) >= 11 is 11.9. The van der Waals surface area contributed by atoms with Gasteiger partial charge in [-0.1, -0.05) is 42.5 Å². The van der Waals surface area contributed by atoms with Crippen LogP contribution in [0.2, 0.25) is 10.0 Å². The van der Waals surface area contributed by atoms with E-state index in [0.29, 0.717) is 41.2 Å². The Morgan fingerprint density at radius 1 is 1.07 bits per heavy atom. The van der Waals surface area contributed by atoms with Gasteiger partial charge in [-0.3, -0.25) is 9.59 Å². The molecule has 0 bridgehead atoms. The quantitative estimate of drug-likeness (QED) is 0.616. The van der Waals surface area contributed by atoms with E-state index in [-0.39, 0.29) is 17.9 Å². The van der Waals surface area contributed by atoms with Crippen molar-refractivity contribution in [2.75, 3.05) is 19.7 Å². The summed E-state index contributed by atoms with van der Waals surface area (Å²) in [6.07, 6.45) is 8.39. The number of rotatable bonds is 7. The second kappa shape index (κ2) is 11.1. The molecule has 5 nitrogen and oxygen atoms in total. The SMILES string of the molecule is O=C(CCCOc1ccc(Cl)cc1Cl)NC1CCN(C(=O)C2CCCCC2)CC1. The topological polar surface area (TPSA) is 58.6 Å². The molecule has 1 aliphatic carbocycles. The minimum absolute atomic E-state index is 0.0351. The minimum Gasteiger partial charge on any atom is -0.492 e. The predicted molar refractivity (Wildman–Crippen MR) is 116 cm³/mol. The van der Waals surface area contributed by atoms with Crippen molar-refractivity contribution < 1.29 is 14.3 Å². The smallest absolute Gasteiger partial charge is 0.225 e. The maximum atomic E-state index is 12.6. The number of nitrogens with zero attached hydrogens (tertiary/aromatic N) is 1. The Labute approximate surface area is 183 Å². The molecule has 29 heavy (non-hydrogen) atoms. The highest BCUT2D eigenvalue weighted by Gasteiger charge is 2.29. The minimum atomic E-state index is 0.0351. The molecule has 160 valence electrons. The standard InChI is InChI=1S/C22H30Cl2N2O3/c23-17-8-9-20(19(24)15-17)29-14-4-7-21(27)25-18-10-12-26(13-11-18)22(28)16-5-2-1-3-6-16/h8-9,15-16,18H,1-7,10-14H2,(H,25,27). The third kappa shape index (κ3) is 6.78. The van der Waals surface area contributed by atoms with E-state index >= 15 is 0 Å². The van der Waals surface area contributed by atoms with Gasteiger partial charge in [0.1, 0.15) is 5.75 Å². The number of amides is 2. The largest absolute Gasteiger partial charge is 0.492 e. The normalized spacial score (nSPS) is 18.5. The molecule has 2 fully saturated rings. The van der Waals surface area contributed by atoms with Crippen molar-refractivity contribution in [3.8, 4) is 5.75 Å². The fraction of sp³-hybridized carbons (Fsp3) is 0.636. The van der Waals surface area contributed by atoms with Gasteiger partial charge in [0.2, 0.25) is 11.8 Å². The molecule has 1 N–H and O–H groups in total. The number of hydrogen-bond acceptors (Lipinski definition) is 3. The van der Waals surface area contributed by atoms with Gasteiger partial charge >= 0.3 is 0 Å². The maximum absolute atomic E-state index is 12.6. The average molecular weight is 441 g/mol. The van der Waals surface area contributed by atoms with Crippen LogP contribution in [-0.4, -0.2) is 42.5 Å². The van der Waals surface area contributed by atoms with Gasteiger partial charge in [0.25, 0.3) is 0 Å². The number of carbonyl (C=O) groups excluding carboxylic acids is 2. The van der Waals surface area contributed by atoms with Crippen LogP contribution in [0.3, 0.4) is 0 Å². The van der Waals surface area contributed by atoms with E-state index in [0.717, 1.165) is 38.8 Å². The maximum Gasteiger partial charge on any atom is 0.225 e. The zero-order chi connectivity index (χ0) is 20.6. The van der Waals surface area contributed by atoms with Gasteiger partial charge in [-0.05, 0) is 50.3 Å². The van der Waals surface area contributed by atoms with E-state index in [9.17, 15) is 9.59 Å². The molecule has 3 rings (SSSR count). The molecule has 0 radical (unpaired) electrons. The summed E-state index contributed by atoms with van der Waals surface area (Å²) in [5.74, 6) is 1.16. The molecule has 2 amide bonds. The Bertz CT molecular complexity index is 699. The van der Waals surface area contributed by atoms with Crippen LogP contribution in [0.4, 0.5) is 0 Å². The van der Waals surface area contributed by atoms with Crippen LogP contribution in [0.5, 0.6) is 5.75 Å². The molecule has 0 atom stereocenters. The van der Waals surface area contributed by atoms with Crippen molar-refractivity contribution in [2.24, 2.45) is 5.92 Å². The molecule has 1 aromatic carbocycles. The summed E-state index contributed by atoms with van der Waals surface area (Å²) < 4.78 is 5.62. The van der Waals surface area contributed by atoms with E-state index in [2.05, 4.69) is 5.32 Å². The first-order chi connectivity index (χ1) is 14.0. The average Bonchev–Trinajstić information content (AvgIpc) is 2.73. The summed E-state index contributed by atoms with van der Waals surface area (Å²) in [5.41, 5.74) is 0. The van der Waals surface area contributed by atoms with E-state index in [1.807, 2.05) is 4.90 Å². The Balaban J connectivity index is 1.31. The van der Waals surface area contributed by atoms with Gasteiger partial charge < -0.3 is 15.0 Å². The first-order valence-corrected chi connectivity index (χ1v) is 11.4. The number of likely N-dealkylation sites (tertiary alicyclic amines) is 1. The molecule has 1 aliphatic heterocycles. The van der Waals surface area contributed by atoms with E-state index < -0.39 is 0 Å². The molecular weight excluding hydrogens is 411 g/mol. The first kappa shape index (κ1) is 22.2. The highest BCUT2D eigenvalue weighted by atomic mass is 35.5.